The van der Waals surface area contributed by atoms with Crippen LogP contribution in [0.1, 0.15) is 33.6 Å². The number of amides is 2. The van der Waals surface area contributed by atoms with Crippen LogP contribution >= 0.6 is 0 Å². The Balaban J connectivity index is 1.83. The molecule has 1 aromatic rings. The van der Waals surface area contributed by atoms with Crippen LogP contribution in [0.2, 0.25) is 0 Å². The maximum atomic E-state index is 12.0. The number of nitrogens with zero attached hydrogens (tertiary/aromatic N) is 1. The van der Waals surface area contributed by atoms with Gasteiger partial charge in [0.25, 0.3) is 0 Å². The Bertz CT molecular complexity index is 498. The monoisotopic (exact) mass is 305 g/mol. The lowest BCUT2D eigenvalue weighted by molar-refractivity contribution is -0.00673. The highest BCUT2D eigenvalue weighted by Crippen LogP contribution is 2.24. The maximum absolute atomic E-state index is 12.0. The summed E-state index contributed by atoms with van der Waals surface area (Å²) < 4.78 is 5.50. The van der Waals surface area contributed by atoms with Crippen molar-refractivity contribution >= 4 is 17.4 Å². The van der Waals surface area contributed by atoms with Crippen LogP contribution in [0.15, 0.2) is 24.3 Å². The van der Waals surface area contributed by atoms with Gasteiger partial charge in [0, 0.05) is 37.1 Å². The van der Waals surface area contributed by atoms with Gasteiger partial charge in [0.2, 0.25) is 0 Å². The molecule has 0 bridgehead atoms. The molecule has 0 aliphatic heterocycles. The van der Waals surface area contributed by atoms with Gasteiger partial charge in [-0.25, -0.2) is 4.79 Å². The van der Waals surface area contributed by atoms with Crippen LogP contribution in [-0.2, 0) is 4.74 Å². The van der Waals surface area contributed by atoms with E-state index in [0.29, 0.717) is 12.1 Å². The van der Waals surface area contributed by atoms with Crippen LogP contribution in [0.4, 0.5) is 16.2 Å². The first kappa shape index (κ1) is 16.6. The number of urea groups is 1. The Hall–Kier alpha value is -1.75. The quantitative estimate of drug-likeness (QED) is 0.848. The number of carbonyl (C=O) groups is 1. The van der Waals surface area contributed by atoms with Gasteiger partial charge < -0.3 is 20.3 Å². The number of anilines is 2. The van der Waals surface area contributed by atoms with Gasteiger partial charge in [-0.2, -0.15) is 0 Å². The summed E-state index contributed by atoms with van der Waals surface area (Å²) in [4.78, 5) is 14.2. The highest BCUT2D eigenvalue weighted by Gasteiger charge is 2.30. The Morgan fingerprint density at radius 1 is 1.41 bits per heavy atom. The van der Waals surface area contributed by atoms with Crippen LogP contribution in [0.5, 0.6) is 0 Å². The summed E-state index contributed by atoms with van der Waals surface area (Å²) in [6.07, 6.45) is 2.10. The van der Waals surface area contributed by atoms with Crippen molar-refractivity contribution in [3.63, 3.8) is 0 Å². The number of rotatable bonds is 6. The first-order valence-electron chi connectivity index (χ1n) is 8.01. The molecule has 1 aliphatic carbocycles. The van der Waals surface area contributed by atoms with Gasteiger partial charge in [-0.3, -0.25) is 0 Å². The average molecular weight is 305 g/mol. The molecule has 0 heterocycles. The van der Waals surface area contributed by atoms with Gasteiger partial charge in [0.15, 0.2) is 0 Å². The van der Waals surface area contributed by atoms with Gasteiger partial charge in [0.1, 0.15) is 0 Å². The predicted octanol–water partition coefficient (Wildman–Crippen LogP) is 3.22. The molecule has 1 aliphatic rings. The minimum absolute atomic E-state index is 0.149. The molecule has 0 spiro atoms. The van der Waals surface area contributed by atoms with Gasteiger partial charge in [-0.1, -0.05) is 6.07 Å². The molecule has 0 atom stereocenters. The van der Waals surface area contributed by atoms with E-state index in [1.54, 1.807) is 0 Å². The zero-order valence-electron chi connectivity index (χ0n) is 13.9. The third kappa shape index (κ3) is 4.37. The number of hydrogen-bond acceptors (Lipinski definition) is 3. The SMILES string of the molecule is CCOC1CC(NC(=O)Nc2cccc(N(C)C(C)C)c2)C1. The number of benzene rings is 1. The van der Waals surface area contributed by atoms with E-state index in [4.69, 9.17) is 4.74 Å². The van der Waals surface area contributed by atoms with E-state index in [2.05, 4.69) is 29.4 Å². The third-order valence-electron chi connectivity index (χ3n) is 4.12. The number of carbonyl (C=O) groups excluding carboxylic acids is 1. The minimum atomic E-state index is -0.149. The first-order chi connectivity index (χ1) is 10.5. The van der Waals surface area contributed by atoms with Crippen molar-refractivity contribution < 1.29 is 9.53 Å². The van der Waals surface area contributed by atoms with Crippen molar-refractivity contribution in [1.29, 1.82) is 0 Å². The second-order valence-electron chi connectivity index (χ2n) is 6.10. The van der Waals surface area contributed by atoms with E-state index in [-0.39, 0.29) is 12.1 Å². The molecule has 2 rings (SSSR count). The predicted molar refractivity (Wildman–Crippen MR) is 90.6 cm³/mol. The molecule has 1 fully saturated rings. The number of hydrogen-bond donors (Lipinski definition) is 2. The van der Waals surface area contributed by atoms with Crippen LogP contribution < -0.4 is 15.5 Å². The fourth-order valence-corrected chi connectivity index (χ4v) is 2.51. The maximum Gasteiger partial charge on any atom is 0.319 e. The van der Waals surface area contributed by atoms with Crippen molar-refractivity contribution in [2.45, 2.75) is 51.8 Å². The lowest BCUT2D eigenvalue weighted by atomic mass is 9.89. The summed E-state index contributed by atoms with van der Waals surface area (Å²) in [7, 11) is 2.05. The molecule has 0 aromatic heterocycles. The molecular formula is C17H27N3O2. The molecule has 2 N–H and O–H groups in total. The van der Waals surface area contributed by atoms with E-state index in [1.807, 2.05) is 38.2 Å². The number of nitrogens with one attached hydrogen (secondary N) is 2. The van der Waals surface area contributed by atoms with Crippen LogP contribution in [0, 0.1) is 0 Å². The molecule has 0 saturated heterocycles. The molecule has 122 valence electrons. The van der Waals surface area contributed by atoms with E-state index >= 15 is 0 Å². The second kappa shape index (κ2) is 7.49. The molecule has 5 heteroatoms. The van der Waals surface area contributed by atoms with E-state index < -0.39 is 0 Å². The van der Waals surface area contributed by atoms with Gasteiger partial charge in [-0.05, 0) is 51.8 Å². The van der Waals surface area contributed by atoms with Crippen molar-refractivity contribution in [3.8, 4) is 0 Å². The van der Waals surface area contributed by atoms with Crippen molar-refractivity contribution in [3.05, 3.63) is 24.3 Å². The standard InChI is InChI=1S/C17H27N3O2/c1-5-22-16-10-14(11-16)19-17(21)18-13-7-6-8-15(9-13)20(4)12(2)3/h6-9,12,14,16H,5,10-11H2,1-4H3,(H2,18,19,21). The molecule has 1 saturated carbocycles. The van der Waals surface area contributed by atoms with E-state index in [1.165, 1.54) is 0 Å². The zero-order valence-corrected chi connectivity index (χ0v) is 13.9. The Labute approximate surface area is 133 Å². The molecule has 0 unspecified atom stereocenters. The highest BCUT2D eigenvalue weighted by atomic mass is 16.5. The molecule has 2 amide bonds. The molecule has 1 aromatic carbocycles. The Morgan fingerprint density at radius 3 is 2.77 bits per heavy atom. The second-order valence-corrected chi connectivity index (χ2v) is 6.10. The van der Waals surface area contributed by atoms with Crippen LogP contribution in [0.25, 0.3) is 0 Å². The fraction of sp³-hybridized carbons (Fsp3) is 0.588. The average Bonchev–Trinajstić information content (AvgIpc) is 2.44. The summed E-state index contributed by atoms with van der Waals surface area (Å²) in [5.41, 5.74) is 1.90. The highest BCUT2D eigenvalue weighted by molar-refractivity contribution is 5.90. The molecular weight excluding hydrogens is 278 g/mol. The Morgan fingerprint density at radius 2 is 2.14 bits per heavy atom. The van der Waals surface area contributed by atoms with E-state index in [0.717, 1.165) is 30.8 Å². The smallest absolute Gasteiger partial charge is 0.319 e. The Kier molecular flexibility index (Phi) is 5.66. The van der Waals surface area contributed by atoms with Crippen LogP contribution in [0.3, 0.4) is 0 Å². The largest absolute Gasteiger partial charge is 0.378 e. The zero-order chi connectivity index (χ0) is 16.1. The van der Waals surface area contributed by atoms with Gasteiger partial charge in [0.05, 0.1) is 6.10 Å². The van der Waals surface area contributed by atoms with Crippen molar-refractivity contribution in [2.24, 2.45) is 0 Å². The molecule has 0 radical (unpaired) electrons. The van der Waals surface area contributed by atoms with Crippen LogP contribution in [-0.4, -0.2) is 37.9 Å². The molecule has 5 nitrogen and oxygen atoms in total. The lowest BCUT2D eigenvalue weighted by Crippen LogP contribution is -2.49. The third-order valence-corrected chi connectivity index (χ3v) is 4.12. The van der Waals surface area contributed by atoms with E-state index in [9.17, 15) is 4.79 Å². The molecule has 22 heavy (non-hydrogen) atoms. The van der Waals surface area contributed by atoms with Gasteiger partial charge >= 0.3 is 6.03 Å². The number of ether oxygens (including phenoxy) is 1. The summed E-state index contributed by atoms with van der Waals surface area (Å²) in [6, 6.07) is 8.38. The summed E-state index contributed by atoms with van der Waals surface area (Å²) >= 11 is 0. The van der Waals surface area contributed by atoms with Crippen molar-refractivity contribution in [2.75, 3.05) is 23.9 Å². The summed E-state index contributed by atoms with van der Waals surface area (Å²) in [6.45, 7) is 7.00. The summed E-state index contributed by atoms with van der Waals surface area (Å²) in [5.74, 6) is 0. The summed E-state index contributed by atoms with van der Waals surface area (Å²) in [5, 5.41) is 5.89. The van der Waals surface area contributed by atoms with Crippen molar-refractivity contribution in [1.82, 2.24) is 5.32 Å². The normalized spacial score (nSPS) is 20.4. The minimum Gasteiger partial charge on any atom is -0.378 e. The lowest BCUT2D eigenvalue weighted by Gasteiger charge is -2.35. The van der Waals surface area contributed by atoms with Gasteiger partial charge in [-0.15, -0.1) is 0 Å². The fourth-order valence-electron chi connectivity index (χ4n) is 2.51. The first-order valence-corrected chi connectivity index (χ1v) is 8.01. The topological polar surface area (TPSA) is 53.6 Å².